The van der Waals surface area contributed by atoms with Crippen LogP contribution in [0.3, 0.4) is 0 Å². The van der Waals surface area contributed by atoms with Crippen LogP contribution >= 0.6 is 11.6 Å². The minimum absolute atomic E-state index is 0.197. The van der Waals surface area contributed by atoms with E-state index in [9.17, 15) is 0 Å². The van der Waals surface area contributed by atoms with E-state index in [2.05, 4.69) is 23.5 Å². The van der Waals surface area contributed by atoms with Crippen molar-refractivity contribution in [1.82, 2.24) is 5.32 Å². The quantitative estimate of drug-likeness (QED) is 0.761. The summed E-state index contributed by atoms with van der Waals surface area (Å²) in [6, 6.07) is 10.3. The lowest BCUT2D eigenvalue weighted by Crippen LogP contribution is -2.20. The number of benzene rings is 1. The summed E-state index contributed by atoms with van der Waals surface area (Å²) in [7, 11) is 0. The third-order valence-corrected chi connectivity index (χ3v) is 3.21. The summed E-state index contributed by atoms with van der Waals surface area (Å²) < 4.78 is 0. The SMILES string of the molecule is CC(C)(C#N)CCCNCCc1ccc(Cl)cc1. The van der Waals surface area contributed by atoms with Crippen LogP contribution < -0.4 is 5.32 Å². The van der Waals surface area contributed by atoms with Crippen molar-refractivity contribution >= 4 is 11.6 Å². The Bertz CT molecular complexity index is 390. The fourth-order valence-electron chi connectivity index (χ4n) is 1.72. The van der Waals surface area contributed by atoms with Gasteiger partial charge in [-0.1, -0.05) is 23.7 Å². The molecule has 3 heteroatoms. The summed E-state index contributed by atoms with van der Waals surface area (Å²) in [6.45, 7) is 5.91. The molecule has 1 rings (SSSR count). The highest BCUT2D eigenvalue weighted by atomic mass is 35.5. The molecule has 0 aliphatic rings. The Morgan fingerprint density at radius 1 is 1.22 bits per heavy atom. The van der Waals surface area contributed by atoms with Gasteiger partial charge in [0.15, 0.2) is 0 Å². The Hall–Kier alpha value is -1.04. The standard InChI is InChI=1S/C15H21ClN2/c1-15(2,12-17)9-3-10-18-11-8-13-4-6-14(16)7-5-13/h4-7,18H,3,8-11H2,1-2H3. The van der Waals surface area contributed by atoms with Crippen LogP contribution in [0.4, 0.5) is 0 Å². The van der Waals surface area contributed by atoms with Gasteiger partial charge in [-0.2, -0.15) is 5.26 Å². The molecule has 0 saturated carbocycles. The van der Waals surface area contributed by atoms with Crippen LogP contribution in [0.5, 0.6) is 0 Å². The smallest absolute Gasteiger partial charge is 0.0683 e. The van der Waals surface area contributed by atoms with Crippen LogP contribution in [0, 0.1) is 16.7 Å². The van der Waals surface area contributed by atoms with Crippen molar-refractivity contribution in [1.29, 1.82) is 5.26 Å². The molecule has 1 aromatic rings. The lowest BCUT2D eigenvalue weighted by atomic mass is 9.90. The van der Waals surface area contributed by atoms with Gasteiger partial charge in [-0.15, -0.1) is 0 Å². The Balaban J connectivity index is 2.09. The highest BCUT2D eigenvalue weighted by Gasteiger charge is 2.14. The maximum absolute atomic E-state index is 8.89. The fraction of sp³-hybridized carbons (Fsp3) is 0.533. The largest absolute Gasteiger partial charge is 0.316 e. The number of nitrogens with one attached hydrogen (secondary N) is 1. The number of rotatable bonds is 7. The molecule has 0 aliphatic carbocycles. The van der Waals surface area contributed by atoms with Crippen LogP contribution in [-0.2, 0) is 6.42 Å². The molecule has 0 heterocycles. The molecule has 2 nitrogen and oxygen atoms in total. The second-order valence-corrected chi connectivity index (χ2v) is 5.66. The third kappa shape index (κ3) is 6.05. The Labute approximate surface area is 115 Å². The van der Waals surface area contributed by atoms with Gasteiger partial charge in [0, 0.05) is 5.02 Å². The van der Waals surface area contributed by atoms with Crippen molar-refractivity contribution in [3.8, 4) is 6.07 Å². The Morgan fingerprint density at radius 2 is 1.89 bits per heavy atom. The average molecular weight is 265 g/mol. The minimum atomic E-state index is -0.197. The number of hydrogen-bond donors (Lipinski definition) is 1. The van der Waals surface area contributed by atoms with E-state index in [1.165, 1.54) is 5.56 Å². The molecule has 0 aliphatic heterocycles. The molecular formula is C15H21ClN2. The van der Waals surface area contributed by atoms with Gasteiger partial charge < -0.3 is 5.32 Å². The lowest BCUT2D eigenvalue weighted by Gasteiger charge is -2.14. The molecule has 0 aromatic heterocycles. The van der Waals surface area contributed by atoms with Crippen LogP contribution in [0.1, 0.15) is 32.3 Å². The van der Waals surface area contributed by atoms with E-state index in [4.69, 9.17) is 16.9 Å². The first-order valence-corrected chi connectivity index (χ1v) is 6.78. The molecular weight excluding hydrogens is 244 g/mol. The van der Waals surface area contributed by atoms with Gasteiger partial charge in [-0.05, 0) is 63.9 Å². The molecule has 1 N–H and O–H groups in total. The predicted octanol–water partition coefficient (Wildman–Crippen LogP) is 3.80. The average Bonchev–Trinajstić information content (AvgIpc) is 2.36. The second-order valence-electron chi connectivity index (χ2n) is 5.23. The van der Waals surface area contributed by atoms with Gasteiger partial charge >= 0.3 is 0 Å². The molecule has 0 unspecified atom stereocenters. The minimum Gasteiger partial charge on any atom is -0.316 e. The maximum Gasteiger partial charge on any atom is 0.0683 e. The van der Waals surface area contributed by atoms with E-state index in [0.29, 0.717) is 0 Å². The van der Waals surface area contributed by atoms with E-state index in [1.54, 1.807) is 0 Å². The van der Waals surface area contributed by atoms with Crippen LogP contribution in [0.2, 0.25) is 5.02 Å². The normalized spacial score (nSPS) is 11.2. The Kier molecular flexibility index (Phi) is 6.18. The third-order valence-electron chi connectivity index (χ3n) is 2.96. The lowest BCUT2D eigenvalue weighted by molar-refractivity contribution is 0.426. The first-order valence-electron chi connectivity index (χ1n) is 6.40. The van der Waals surface area contributed by atoms with E-state index < -0.39 is 0 Å². The number of halogens is 1. The van der Waals surface area contributed by atoms with Crippen LogP contribution in [0.15, 0.2) is 24.3 Å². The van der Waals surface area contributed by atoms with E-state index >= 15 is 0 Å². The van der Waals surface area contributed by atoms with E-state index in [1.807, 2.05) is 26.0 Å². The molecule has 0 amide bonds. The highest BCUT2D eigenvalue weighted by Crippen LogP contribution is 2.19. The van der Waals surface area contributed by atoms with Gasteiger partial charge in [0.1, 0.15) is 0 Å². The number of nitriles is 1. The van der Waals surface area contributed by atoms with Gasteiger partial charge in [0.05, 0.1) is 11.5 Å². The van der Waals surface area contributed by atoms with Gasteiger partial charge in [-0.25, -0.2) is 0 Å². The number of nitrogens with zero attached hydrogens (tertiary/aromatic N) is 1. The summed E-state index contributed by atoms with van der Waals surface area (Å²) in [4.78, 5) is 0. The van der Waals surface area contributed by atoms with E-state index in [0.717, 1.165) is 37.4 Å². The van der Waals surface area contributed by atoms with E-state index in [-0.39, 0.29) is 5.41 Å². The van der Waals surface area contributed by atoms with Crippen molar-refractivity contribution < 1.29 is 0 Å². The van der Waals surface area contributed by atoms with Crippen molar-refractivity contribution in [3.05, 3.63) is 34.9 Å². The zero-order valence-electron chi connectivity index (χ0n) is 11.2. The predicted molar refractivity (Wildman–Crippen MR) is 76.7 cm³/mol. The Morgan fingerprint density at radius 3 is 2.50 bits per heavy atom. The van der Waals surface area contributed by atoms with Gasteiger partial charge in [0.25, 0.3) is 0 Å². The maximum atomic E-state index is 8.89. The second kappa shape index (κ2) is 7.41. The summed E-state index contributed by atoms with van der Waals surface area (Å²) in [5.41, 5.74) is 1.10. The molecule has 0 radical (unpaired) electrons. The topological polar surface area (TPSA) is 35.8 Å². The molecule has 0 atom stereocenters. The molecule has 1 aromatic carbocycles. The summed E-state index contributed by atoms with van der Waals surface area (Å²) in [6.07, 6.45) is 3.00. The molecule has 0 spiro atoms. The summed E-state index contributed by atoms with van der Waals surface area (Å²) >= 11 is 5.83. The zero-order valence-corrected chi connectivity index (χ0v) is 11.9. The molecule has 0 bridgehead atoms. The van der Waals surface area contributed by atoms with Crippen molar-refractivity contribution in [2.45, 2.75) is 33.1 Å². The molecule has 0 saturated heterocycles. The highest BCUT2D eigenvalue weighted by molar-refractivity contribution is 6.30. The molecule has 98 valence electrons. The zero-order chi connectivity index (χ0) is 13.4. The van der Waals surface area contributed by atoms with Crippen molar-refractivity contribution in [2.75, 3.05) is 13.1 Å². The van der Waals surface area contributed by atoms with Gasteiger partial charge in [-0.3, -0.25) is 0 Å². The summed E-state index contributed by atoms with van der Waals surface area (Å²) in [5, 5.41) is 13.1. The van der Waals surface area contributed by atoms with Crippen LogP contribution in [0.25, 0.3) is 0 Å². The number of hydrogen-bond acceptors (Lipinski definition) is 2. The van der Waals surface area contributed by atoms with Crippen LogP contribution in [-0.4, -0.2) is 13.1 Å². The fourth-order valence-corrected chi connectivity index (χ4v) is 1.85. The first kappa shape index (κ1) is 15.0. The molecule has 18 heavy (non-hydrogen) atoms. The van der Waals surface area contributed by atoms with Gasteiger partial charge in [0.2, 0.25) is 0 Å². The summed E-state index contributed by atoms with van der Waals surface area (Å²) in [5.74, 6) is 0. The monoisotopic (exact) mass is 264 g/mol. The van der Waals surface area contributed by atoms with Crippen molar-refractivity contribution in [2.24, 2.45) is 5.41 Å². The molecule has 0 fully saturated rings. The van der Waals surface area contributed by atoms with Crippen molar-refractivity contribution in [3.63, 3.8) is 0 Å². The first-order chi connectivity index (χ1) is 8.53.